The maximum absolute atomic E-state index is 13.6. The Labute approximate surface area is 157 Å². The van der Waals surface area contributed by atoms with E-state index in [9.17, 15) is 22.8 Å². The number of fused-ring (bicyclic) bond motifs is 1. The minimum Gasteiger partial charge on any atom is -0.482 e. The van der Waals surface area contributed by atoms with Crippen LogP contribution in [0.15, 0.2) is 57.7 Å². The van der Waals surface area contributed by atoms with Crippen molar-refractivity contribution in [3.8, 4) is 16.9 Å². The number of carbonyl (C=O) groups is 1. The summed E-state index contributed by atoms with van der Waals surface area (Å²) in [5, 5.41) is -0.0321. The highest BCUT2D eigenvalue weighted by Gasteiger charge is 2.39. The van der Waals surface area contributed by atoms with Gasteiger partial charge in [0.1, 0.15) is 11.3 Å². The zero-order valence-electron chi connectivity index (χ0n) is 14.7. The van der Waals surface area contributed by atoms with Crippen LogP contribution < -0.4 is 10.2 Å². The van der Waals surface area contributed by atoms with Crippen molar-refractivity contribution < 1.29 is 31.9 Å². The Hall–Kier alpha value is -3.29. The standard InChI is InChI=1S/C20H15F3O5/c1-2-26-16(24)11-27-13-8-9-14-15(10-13)28-19(20(21,22)23)17(18(14)25)12-6-4-3-5-7-12/h3-10H,2,11H2,1H3. The zero-order chi connectivity index (χ0) is 20.3. The predicted molar refractivity (Wildman–Crippen MR) is 95.1 cm³/mol. The number of halogens is 3. The monoisotopic (exact) mass is 392 g/mol. The molecule has 5 nitrogen and oxygen atoms in total. The minimum absolute atomic E-state index is 0.0321. The van der Waals surface area contributed by atoms with Crippen molar-refractivity contribution in [1.82, 2.24) is 0 Å². The molecule has 8 heteroatoms. The first-order valence-corrected chi connectivity index (χ1v) is 8.33. The topological polar surface area (TPSA) is 65.7 Å². The minimum atomic E-state index is -4.87. The molecule has 0 amide bonds. The van der Waals surface area contributed by atoms with E-state index in [0.717, 1.165) is 6.07 Å². The van der Waals surface area contributed by atoms with Gasteiger partial charge in [0.15, 0.2) is 6.61 Å². The molecule has 0 saturated carbocycles. The first-order valence-electron chi connectivity index (χ1n) is 8.33. The van der Waals surface area contributed by atoms with Gasteiger partial charge in [-0.1, -0.05) is 30.3 Å². The second-order valence-corrected chi connectivity index (χ2v) is 5.75. The highest BCUT2D eigenvalue weighted by molar-refractivity contribution is 5.84. The molecule has 0 aliphatic carbocycles. The summed E-state index contributed by atoms with van der Waals surface area (Å²) in [4.78, 5) is 24.1. The number of carbonyl (C=O) groups excluding carboxylic acids is 1. The van der Waals surface area contributed by atoms with Crippen LogP contribution in [-0.4, -0.2) is 19.2 Å². The van der Waals surface area contributed by atoms with Crippen LogP contribution in [0.3, 0.4) is 0 Å². The average Bonchev–Trinajstić information content (AvgIpc) is 2.66. The number of hydrogen-bond donors (Lipinski definition) is 0. The molecule has 1 aromatic heterocycles. The molecule has 0 bridgehead atoms. The van der Waals surface area contributed by atoms with Gasteiger partial charge in [0, 0.05) is 6.07 Å². The summed E-state index contributed by atoms with van der Waals surface area (Å²) in [6, 6.07) is 11.3. The van der Waals surface area contributed by atoms with Crippen molar-refractivity contribution in [3.05, 3.63) is 64.5 Å². The Kier molecular flexibility index (Phi) is 5.39. The van der Waals surface area contributed by atoms with Crippen molar-refractivity contribution in [2.45, 2.75) is 13.1 Å². The number of ether oxygens (including phenoxy) is 2. The second-order valence-electron chi connectivity index (χ2n) is 5.75. The Balaban J connectivity index is 2.11. The number of hydrogen-bond acceptors (Lipinski definition) is 5. The lowest BCUT2D eigenvalue weighted by atomic mass is 10.0. The van der Waals surface area contributed by atoms with Crippen LogP contribution in [0.4, 0.5) is 13.2 Å². The molecule has 0 saturated heterocycles. The highest BCUT2D eigenvalue weighted by atomic mass is 19.4. The van der Waals surface area contributed by atoms with E-state index < -0.39 is 35.5 Å². The Morgan fingerprint density at radius 3 is 2.46 bits per heavy atom. The summed E-state index contributed by atoms with van der Waals surface area (Å²) < 4.78 is 55.6. The van der Waals surface area contributed by atoms with E-state index in [1.165, 1.54) is 36.4 Å². The zero-order valence-corrected chi connectivity index (χ0v) is 14.7. The van der Waals surface area contributed by atoms with Crippen molar-refractivity contribution >= 4 is 16.9 Å². The van der Waals surface area contributed by atoms with Gasteiger partial charge in [-0.2, -0.15) is 13.2 Å². The third-order valence-electron chi connectivity index (χ3n) is 3.85. The van der Waals surface area contributed by atoms with E-state index in [2.05, 4.69) is 0 Å². The van der Waals surface area contributed by atoms with E-state index in [1.807, 2.05) is 0 Å². The van der Waals surface area contributed by atoms with E-state index in [-0.39, 0.29) is 28.9 Å². The SMILES string of the molecule is CCOC(=O)COc1ccc2c(=O)c(-c3ccccc3)c(C(F)(F)F)oc2c1. The summed E-state index contributed by atoms with van der Waals surface area (Å²) in [7, 11) is 0. The van der Waals surface area contributed by atoms with E-state index in [0.29, 0.717) is 0 Å². The number of rotatable bonds is 5. The number of alkyl halides is 3. The molecular formula is C20H15F3O5. The molecule has 146 valence electrons. The lowest BCUT2D eigenvalue weighted by Gasteiger charge is -2.13. The Morgan fingerprint density at radius 1 is 1.11 bits per heavy atom. The third-order valence-corrected chi connectivity index (χ3v) is 3.85. The summed E-state index contributed by atoms with van der Waals surface area (Å²) in [6.07, 6.45) is -4.87. The third kappa shape index (κ3) is 4.00. The van der Waals surface area contributed by atoms with Gasteiger partial charge >= 0.3 is 12.1 Å². The second kappa shape index (κ2) is 7.75. The van der Waals surface area contributed by atoms with Crippen molar-refractivity contribution in [1.29, 1.82) is 0 Å². The van der Waals surface area contributed by atoms with E-state index >= 15 is 0 Å². The average molecular weight is 392 g/mol. The molecule has 0 radical (unpaired) electrons. The summed E-state index contributed by atoms with van der Waals surface area (Å²) in [5.41, 5.74) is -1.55. The smallest absolute Gasteiger partial charge is 0.450 e. The molecule has 3 aromatic rings. The molecule has 28 heavy (non-hydrogen) atoms. The van der Waals surface area contributed by atoms with Gasteiger partial charge in [0.25, 0.3) is 0 Å². The summed E-state index contributed by atoms with van der Waals surface area (Å²) in [5.74, 6) is -1.94. The van der Waals surface area contributed by atoms with Gasteiger partial charge in [0.05, 0.1) is 17.6 Å². The van der Waals surface area contributed by atoms with Crippen LogP contribution in [0.25, 0.3) is 22.1 Å². The van der Waals surface area contributed by atoms with Crippen LogP contribution in [-0.2, 0) is 15.7 Å². The van der Waals surface area contributed by atoms with Crippen LogP contribution in [0.1, 0.15) is 12.7 Å². The maximum Gasteiger partial charge on any atom is 0.450 e. The van der Waals surface area contributed by atoms with Crippen molar-refractivity contribution in [2.75, 3.05) is 13.2 Å². The fraction of sp³-hybridized carbons (Fsp3) is 0.200. The molecule has 1 heterocycles. The number of esters is 1. The molecule has 0 spiro atoms. The molecule has 3 rings (SSSR count). The first-order chi connectivity index (χ1) is 13.3. The molecule has 0 aliphatic heterocycles. The molecular weight excluding hydrogens is 377 g/mol. The van der Waals surface area contributed by atoms with Gasteiger partial charge in [-0.05, 0) is 24.6 Å². The number of benzene rings is 2. The fourth-order valence-electron chi connectivity index (χ4n) is 2.67. The van der Waals surface area contributed by atoms with Gasteiger partial charge in [0.2, 0.25) is 11.2 Å². The van der Waals surface area contributed by atoms with Crippen LogP contribution in [0.5, 0.6) is 5.75 Å². The molecule has 2 aromatic carbocycles. The van der Waals surface area contributed by atoms with Crippen LogP contribution in [0, 0.1) is 0 Å². The van der Waals surface area contributed by atoms with Gasteiger partial charge in [-0.3, -0.25) is 4.79 Å². The van der Waals surface area contributed by atoms with Crippen molar-refractivity contribution in [2.24, 2.45) is 0 Å². The summed E-state index contributed by atoms with van der Waals surface area (Å²) in [6.45, 7) is 1.38. The highest BCUT2D eigenvalue weighted by Crippen LogP contribution is 2.37. The lowest BCUT2D eigenvalue weighted by Crippen LogP contribution is -2.16. The predicted octanol–water partition coefficient (Wildman–Crippen LogP) is 4.42. The summed E-state index contributed by atoms with van der Waals surface area (Å²) >= 11 is 0. The normalized spacial score (nSPS) is 11.4. The molecule has 0 N–H and O–H groups in total. The quantitative estimate of drug-likeness (QED) is 0.602. The fourth-order valence-corrected chi connectivity index (χ4v) is 2.67. The molecule has 0 atom stereocenters. The largest absolute Gasteiger partial charge is 0.482 e. The van der Waals surface area contributed by atoms with Gasteiger partial charge in [-0.15, -0.1) is 0 Å². The molecule has 0 unspecified atom stereocenters. The first kappa shape index (κ1) is 19.5. The maximum atomic E-state index is 13.6. The van der Waals surface area contributed by atoms with Crippen LogP contribution >= 0.6 is 0 Å². The van der Waals surface area contributed by atoms with E-state index in [1.54, 1.807) is 13.0 Å². The molecule has 0 fully saturated rings. The Morgan fingerprint density at radius 2 is 1.82 bits per heavy atom. The van der Waals surface area contributed by atoms with E-state index in [4.69, 9.17) is 13.9 Å². The Bertz CT molecular complexity index is 1060. The molecule has 0 aliphatic rings. The lowest BCUT2D eigenvalue weighted by molar-refractivity contribution is -0.152. The van der Waals surface area contributed by atoms with Gasteiger partial charge in [-0.25, -0.2) is 4.79 Å². The van der Waals surface area contributed by atoms with Gasteiger partial charge < -0.3 is 13.9 Å². The van der Waals surface area contributed by atoms with Crippen molar-refractivity contribution in [3.63, 3.8) is 0 Å². The van der Waals surface area contributed by atoms with Crippen LogP contribution in [0.2, 0.25) is 0 Å².